The van der Waals surface area contributed by atoms with Gasteiger partial charge >= 0.3 is 0 Å². The van der Waals surface area contributed by atoms with Crippen LogP contribution in [-0.4, -0.2) is 6.61 Å². The van der Waals surface area contributed by atoms with Gasteiger partial charge in [0, 0.05) is 0 Å². The van der Waals surface area contributed by atoms with E-state index in [9.17, 15) is 0 Å². The third-order valence-corrected chi connectivity index (χ3v) is 0.921. The average Bonchev–Trinajstić information content (AvgIpc) is 1.69. The Kier molecular flexibility index (Phi) is 6.82. The van der Waals surface area contributed by atoms with Gasteiger partial charge in [-0.3, -0.25) is 0 Å². The Morgan fingerprint density at radius 3 is 2.71 bits per heavy atom. The Balaban J connectivity index is 2.78. The molecule has 0 aromatic heterocycles. The molecule has 0 aliphatic heterocycles. The van der Waals surface area contributed by atoms with Crippen LogP contribution in [0.2, 0.25) is 0 Å². The van der Waals surface area contributed by atoms with Crippen molar-refractivity contribution in [2.75, 3.05) is 6.61 Å². The zero-order valence-corrected chi connectivity index (χ0v) is 6.51. The highest BCUT2D eigenvalue weighted by Gasteiger charge is 1.68. The molecule has 0 bridgehead atoms. The maximum absolute atomic E-state index is 4.73. The minimum absolute atomic E-state index is 0.731. The van der Waals surface area contributed by atoms with E-state index in [-0.39, 0.29) is 0 Å². The summed E-state index contributed by atoms with van der Waals surface area (Å²) >= 11 is 1.88. The van der Waals surface area contributed by atoms with E-state index in [2.05, 4.69) is 13.0 Å². The Hall–Kier alpha value is 0.430. The standard InChI is InChI=1S/C5H9IO/c1-2-3-4-5-7-6/h3-4H,2,5H2,1H3/b4-3+. The number of hydrogen-bond acceptors (Lipinski definition) is 1. The fourth-order valence-electron chi connectivity index (χ4n) is 0.271. The molecule has 0 amide bonds. The summed E-state index contributed by atoms with van der Waals surface area (Å²) in [6.07, 6.45) is 5.19. The van der Waals surface area contributed by atoms with Crippen molar-refractivity contribution >= 4 is 23.0 Å². The van der Waals surface area contributed by atoms with Crippen LogP contribution in [0, 0.1) is 0 Å². The Labute approximate surface area is 58.4 Å². The van der Waals surface area contributed by atoms with Crippen molar-refractivity contribution in [3.63, 3.8) is 0 Å². The largest absolute Gasteiger partial charge is 0.312 e. The van der Waals surface area contributed by atoms with Gasteiger partial charge in [-0.1, -0.05) is 19.1 Å². The molecule has 0 heterocycles. The summed E-state index contributed by atoms with van der Waals surface area (Å²) in [7, 11) is 0. The van der Waals surface area contributed by atoms with Crippen molar-refractivity contribution < 1.29 is 3.07 Å². The highest BCUT2D eigenvalue weighted by molar-refractivity contribution is 14.1. The zero-order chi connectivity index (χ0) is 5.54. The Morgan fingerprint density at radius 2 is 2.29 bits per heavy atom. The quantitative estimate of drug-likeness (QED) is 0.515. The van der Waals surface area contributed by atoms with Gasteiger partial charge in [-0.25, -0.2) is 0 Å². The zero-order valence-electron chi connectivity index (χ0n) is 4.36. The first-order valence-corrected chi connectivity index (χ1v) is 3.18. The molecule has 7 heavy (non-hydrogen) atoms. The van der Waals surface area contributed by atoms with Crippen molar-refractivity contribution in [3.8, 4) is 0 Å². The van der Waals surface area contributed by atoms with Gasteiger partial charge < -0.3 is 3.07 Å². The van der Waals surface area contributed by atoms with Gasteiger partial charge in [-0.05, 0) is 6.42 Å². The summed E-state index contributed by atoms with van der Waals surface area (Å²) in [5.41, 5.74) is 0. The van der Waals surface area contributed by atoms with Crippen molar-refractivity contribution in [1.29, 1.82) is 0 Å². The van der Waals surface area contributed by atoms with Gasteiger partial charge in [-0.15, -0.1) is 0 Å². The molecule has 0 rings (SSSR count). The van der Waals surface area contributed by atoms with Gasteiger partial charge in [0.25, 0.3) is 0 Å². The molecule has 1 nitrogen and oxygen atoms in total. The van der Waals surface area contributed by atoms with E-state index < -0.39 is 0 Å². The summed E-state index contributed by atoms with van der Waals surface area (Å²) in [6, 6.07) is 0. The van der Waals surface area contributed by atoms with E-state index in [1.54, 1.807) is 0 Å². The van der Waals surface area contributed by atoms with Crippen LogP contribution in [0.5, 0.6) is 0 Å². The van der Waals surface area contributed by atoms with Crippen LogP contribution < -0.4 is 0 Å². The lowest BCUT2D eigenvalue weighted by molar-refractivity contribution is 0.488. The minimum atomic E-state index is 0.731. The summed E-state index contributed by atoms with van der Waals surface area (Å²) < 4.78 is 4.73. The predicted octanol–water partition coefficient (Wildman–Crippen LogP) is 2.32. The number of allylic oxidation sites excluding steroid dienone is 1. The van der Waals surface area contributed by atoms with E-state index in [0.717, 1.165) is 13.0 Å². The highest BCUT2D eigenvalue weighted by Crippen LogP contribution is 1.86. The molecular formula is C5H9IO. The molecule has 0 spiro atoms. The molecule has 0 saturated carbocycles. The second kappa shape index (κ2) is 6.43. The van der Waals surface area contributed by atoms with Crippen LogP contribution in [0.4, 0.5) is 0 Å². The SMILES string of the molecule is CC/C=C/COI. The normalized spacial score (nSPS) is 10.6. The fourth-order valence-corrected chi connectivity index (χ4v) is 0.479. The van der Waals surface area contributed by atoms with Crippen molar-refractivity contribution in [1.82, 2.24) is 0 Å². The van der Waals surface area contributed by atoms with Gasteiger partial charge in [0.1, 0.15) is 23.0 Å². The first-order chi connectivity index (χ1) is 3.41. The monoisotopic (exact) mass is 212 g/mol. The molecule has 0 saturated heterocycles. The van der Waals surface area contributed by atoms with Crippen LogP contribution >= 0.6 is 23.0 Å². The molecule has 0 N–H and O–H groups in total. The molecule has 0 aromatic rings. The maximum Gasteiger partial charge on any atom is 0.110 e. The first-order valence-electron chi connectivity index (χ1n) is 2.30. The lowest BCUT2D eigenvalue weighted by atomic mass is 10.4. The second-order valence-corrected chi connectivity index (χ2v) is 1.78. The van der Waals surface area contributed by atoms with Crippen molar-refractivity contribution in [2.45, 2.75) is 13.3 Å². The molecule has 0 atom stereocenters. The van der Waals surface area contributed by atoms with Crippen LogP contribution in [0.1, 0.15) is 13.3 Å². The number of hydrogen-bond donors (Lipinski definition) is 0. The predicted molar refractivity (Wildman–Crippen MR) is 39.4 cm³/mol. The van der Waals surface area contributed by atoms with E-state index in [1.165, 1.54) is 0 Å². The Bertz CT molecular complexity index is 52.0. The first kappa shape index (κ1) is 7.43. The van der Waals surface area contributed by atoms with Crippen LogP contribution in [0.15, 0.2) is 12.2 Å². The minimum Gasteiger partial charge on any atom is -0.312 e. The van der Waals surface area contributed by atoms with Crippen LogP contribution in [0.3, 0.4) is 0 Å². The number of rotatable bonds is 3. The van der Waals surface area contributed by atoms with E-state index >= 15 is 0 Å². The summed E-state index contributed by atoms with van der Waals surface area (Å²) in [4.78, 5) is 0. The van der Waals surface area contributed by atoms with E-state index in [0.29, 0.717) is 0 Å². The molecule has 0 unspecified atom stereocenters. The molecule has 0 fully saturated rings. The molecule has 2 heteroatoms. The van der Waals surface area contributed by atoms with Gasteiger partial charge in [0.15, 0.2) is 0 Å². The summed E-state index contributed by atoms with van der Waals surface area (Å²) in [6.45, 7) is 2.83. The van der Waals surface area contributed by atoms with Gasteiger partial charge in [0.2, 0.25) is 0 Å². The lowest BCUT2D eigenvalue weighted by Crippen LogP contribution is -1.71. The second-order valence-electron chi connectivity index (χ2n) is 1.16. The van der Waals surface area contributed by atoms with Gasteiger partial charge in [-0.2, -0.15) is 0 Å². The van der Waals surface area contributed by atoms with Crippen molar-refractivity contribution in [3.05, 3.63) is 12.2 Å². The van der Waals surface area contributed by atoms with E-state index in [1.807, 2.05) is 29.1 Å². The van der Waals surface area contributed by atoms with E-state index in [4.69, 9.17) is 3.07 Å². The molecule has 0 aliphatic carbocycles. The van der Waals surface area contributed by atoms with Gasteiger partial charge in [0.05, 0.1) is 6.61 Å². The maximum atomic E-state index is 4.73. The highest BCUT2D eigenvalue weighted by atomic mass is 127. The van der Waals surface area contributed by atoms with Crippen LogP contribution in [0.25, 0.3) is 0 Å². The molecule has 0 aliphatic rings. The molecule has 0 aromatic carbocycles. The summed E-state index contributed by atoms with van der Waals surface area (Å²) in [5.74, 6) is 0. The third kappa shape index (κ3) is 6.43. The number of halogens is 1. The Morgan fingerprint density at radius 1 is 1.57 bits per heavy atom. The third-order valence-electron chi connectivity index (χ3n) is 0.562. The summed E-state index contributed by atoms with van der Waals surface area (Å²) in [5, 5.41) is 0. The fraction of sp³-hybridized carbons (Fsp3) is 0.600. The smallest absolute Gasteiger partial charge is 0.110 e. The molecule has 0 radical (unpaired) electrons. The van der Waals surface area contributed by atoms with Crippen molar-refractivity contribution in [2.24, 2.45) is 0 Å². The molecular weight excluding hydrogens is 203 g/mol. The van der Waals surface area contributed by atoms with Crippen LogP contribution in [-0.2, 0) is 3.07 Å². The molecule has 42 valence electrons. The average molecular weight is 212 g/mol. The lowest BCUT2D eigenvalue weighted by Gasteiger charge is -1.80. The topological polar surface area (TPSA) is 9.23 Å².